The Bertz CT molecular complexity index is 333. The molecule has 0 aliphatic rings. The number of nitrogens with one attached hydrogen (secondary N) is 1. The van der Waals surface area contributed by atoms with Crippen LogP contribution in [0.5, 0.6) is 0 Å². The Morgan fingerprint density at radius 2 is 2.06 bits per heavy atom. The van der Waals surface area contributed by atoms with E-state index >= 15 is 0 Å². The molecule has 1 atom stereocenters. The van der Waals surface area contributed by atoms with Crippen molar-refractivity contribution in [3.8, 4) is 0 Å². The SMILES string of the molecule is CC(C)(C)CNCC(O)c1cccc(F)c1. The maximum Gasteiger partial charge on any atom is 0.123 e. The Labute approximate surface area is 96.5 Å². The molecule has 90 valence electrons. The van der Waals surface area contributed by atoms with E-state index in [0.717, 1.165) is 6.54 Å². The monoisotopic (exact) mass is 225 g/mol. The van der Waals surface area contributed by atoms with Gasteiger partial charge in [-0.2, -0.15) is 0 Å². The van der Waals surface area contributed by atoms with E-state index in [0.29, 0.717) is 12.1 Å². The predicted octanol–water partition coefficient (Wildman–Crippen LogP) is 2.49. The number of hydrogen-bond acceptors (Lipinski definition) is 2. The van der Waals surface area contributed by atoms with Crippen LogP contribution < -0.4 is 5.32 Å². The summed E-state index contributed by atoms with van der Waals surface area (Å²) in [6.07, 6.45) is -0.655. The second-order valence-corrected chi connectivity index (χ2v) is 5.26. The zero-order valence-corrected chi connectivity index (χ0v) is 10.1. The Morgan fingerprint density at radius 1 is 1.38 bits per heavy atom. The van der Waals surface area contributed by atoms with E-state index in [1.807, 2.05) is 0 Å². The molecule has 2 N–H and O–H groups in total. The molecule has 1 aromatic carbocycles. The smallest absolute Gasteiger partial charge is 0.123 e. The summed E-state index contributed by atoms with van der Waals surface area (Å²) in [6.45, 7) is 7.62. The van der Waals surface area contributed by atoms with E-state index < -0.39 is 6.10 Å². The van der Waals surface area contributed by atoms with Gasteiger partial charge in [-0.1, -0.05) is 32.9 Å². The summed E-state index contributed by atoms with van der Waals surface area (Å²) in [6, 6.07) is 6.08. The number of rotatable bonds is 4. The van der Waals surface area contributed by atoms with E-state index in [9.17, 15) is 9.50 Å². The van der Waals surface area contributed by atoms with Gasteiger partial charge >= 0.3 is 0 Å². The third-order valence-corrected chi connectivity index (χ3v) is 2.23. The van der Waals surface area contributed by atoms with Crippen LogP contribution in [-0.4, -0.2) is 18.2 Å². The molecule has 1 unspecified atom stereocenters. The molecule has 0 spiro atoms. The lowest BCUT2D eigenvalue weighted by Crippen LogP contribution is -2.30. The molecule has 0 saturated heterocycles. The second kappa shape index (κ2) is 5.41. The first-order valence-corrected chi connectivity index (χ1v) is 5.53. The topological polar surface area (TPSA) is 32.3 Å². The zero-order valence-electron chi connectivity index (χ0n) is 10.1. The first kappa shape index (κ1) is 13.1. The Balaban J connectivity index is 2.44. The third-order valence-electron chi connectivity index (χ3n) is 2.23. The maximum absolute atomic E-state index is 12.9. The van der Waals surface area contributed by atoms with Crippen molar-refractivity contribution in [1.29, 1.82) is 0 Å². The van der Waals surface area contributed by atoms with Crippen LogP contribution in [0.2, 0.25) is 0 Å². The molecule has 0 radical (unpaired) electrons. The maximum atomic E-state index is 12.9. The van der Waals surface area contributed by atoms with Gasteiger partial charge in [0.05, 0.1) is 6.10 Å². The summed E-state index contributed by atoms with van der Waals surface area (Å²) < 4.78 is 12.9. The van der Waals surface area contributed by atoms with E-state index in [2.05, 4.69) is 26.1 Å². The summed E-state index contributed by atoms with van der Waals surface area (Å²) in [5, 5.41) is 13.0. The van der Waals surface area contributed by atoms with Gasteiger partial charge in [-0.15, -0.1) is 0 Å². The lowest BCUT2D eigenvalue weighted by Gasteiger charge is -2.20. The molecule has 0 aliphatic heterocycles. The van der Waals surface area contributed by atoms with Crippen LogP contribution in [0.3, 0.4) is 0 Å². The molecule has 0 aliphatic carbocycles. The summed E-state index contributed by atoms with van der Waals surface area (Å²) in [4.78, 5) is 0. The predicted molar refractivity (Wildman–Crippen MR) is 63.7 cm³/mol. The first-order chi connectivity index (χ1) is 7.38. The van der Waals surface area contributed by atoms with Crippen LogP contribution in [0.4, 0.5) is 4.39 Å². The Hall–Kier alpha value is -0.930. The molecule has 0 heterocycles. The second-order valence-electron chi connectivity index (χ2n) is 5.26. The third kappa shape index (κ3) is 4.73. The van der Waals surface area contributed by atoms with Gasteiger partial charge in [0.25, 0.3) is 0 Å². The van der Waals surface area contributed by atoms with Gasteiger partial charge in [-0.05, 0) is 23.1 Å². The fraction of sp³-hybridized carbons (Fsp3) is 0.538. The number of aliphatic hydroxyl groups excluding tert-OH is 1. The first-order valence-electron chi connectivity index (χ1n) is 5.53. The highest BCUT2D eigenvalue weighted by atomic mass is 19.1. The summed E-state index contributed by atoms with van der Waals surface area (Å²) in [5.74, 6) is -0.313. The van der Waals surface area contributed by atoms with Crippen molar-refractivity contribution in [3.63, 3.8) is 0 Å². The van der Waals surface area contributed by atoms with E-state index in [1.165, 1.54) is 12.1 Å². The molecule has 1 aromatic rings. The van der Waals surface area contributed by atoms with Gasteiger partial charge in [0.1, 0.15) is 5.82 Å². The minimum atomic E-state index is -0.655. The fourth-order valence-electron chi connectivity index (χ4n) is 1.42. The standard InChI is InChI=1S/C13H20FNO/c1-13(2,3)9-15-8-12(16)10-5-4-6-11(14)7-10/h4-7,12,15-16H,8-9H2,1-3H3. The van der Waals surface area contributed by atoms with Gasteiger partial charge in [0.15, 0.2) is 0 Å². The molecule has 0 saturated carbocycles. The molecule has 16 heavy (non-hydrogen) atoms. The molecule has 3 heteroatoms. The van der Waals surface area contributed by atoms with Crippen LogP contribution in [0.25, 0.3) is 0 Å². The van der Waals surface area contributed by atoms with Crippen molar-refractivity contribution in [2.45, 2.75) is 26.9 Å². The van der Waals surface area contributed by atoms with Gasteiger partial charge in [0, 0.05) is 13.1 Å². The molecule has 0 aromatic heterocycles. The van der Waals surface area contributed by atoms with Crippen molar-refractivity contribution >= 4 is 0 Å². The van der Waals surface area contributed by atoms with Crippen molar-refractivity contribution < 1.29 is 9.50 Å². The highest BCUT2D eigenvalue weighted by Crippen LogP contribution is 2.14. The van der Waals surface area contributed by atoms with Gasteiger partial charge in [-0.25, -0.2) is 4.39 Å². The molecule has 1 rings (SSSR count). The highest BCUT2D eigenvalue weighted by Gasteiger charge is 2.12. The normalized spacial score (nSPS) is 13.8. The molecule has 0 amide bonds. The lowest BCUT2D eigenvalue weighted by molar-refractivity contribution is 0.169. The summed E-state index contributed by atoms with van der Waals surface area (Å²) in [7, 11) is 0. The fourth-order valence-corrected chi connectivity index (χ4v) is 1.42. The molecule has 0 fully saturated rings. The summed E-state index contributed by atoms with van der Waals surface area (Å²) >= 11 is 0. The van der Waals surface area contributed by atoms with Crippen molar-refractivity contribution in [2.24, 2.45) is 5.41 Å². The van der Waals surface area contributed by atoms with Gasteiger partial charge in [-0.3, -0.25) is 0 Å². The summed E-state index contributed by atoms with van der Waals surface area (Å²) in [5.41, 5.74) is 0.795. The average Bonchev–Trinajstić information content (AvgIpc) is 2.15. The largest absolute Gasteiger partial charge is 0.387 e. The zero-order chi connectivity index (χ0) is 12.2. The van der Waals surface area contributed by atoms with E-state index in [1.54, 1.807) is 12.1 Å². The van der Waals surface area contributed by atoms with E-state index in [-0.39, 0.29) is 11.2 Å². The molecule has 2 nitrogen and oxygen atoms in total. The highest BCUT2D eigenvalue weighted by molar-refractivity contribution is 5.18. The number of halogens is 1. The molecular weight excluding hydrogens is 205 g/mol. The van der Waals surface area contributed by atoms with Crippen LogP contribution in [0, 0.1) is 11.2 Å². The minimum absolute atomic E-state index is 0.182. The lowest BCUT2D eigenvalue weighted by atomic mass is 9.97. The van der Waals surface area contributed by atoms with Gasteiger partial charge in [0.2, 0.25) is 0 Å². The van der Waals surface area contributed by atoms with Gasteiger partial charge < -0.3 is 10.4 Å². The molecule has 0 bridgehead atoms. The van der Waals surface area contributed by atoms with Crippen molar-refractivity contribution in [3.05, 3.63) is 35.6 Å². The van der Waals surface area contributed by atoms with Crippen LogP contribution in [0.1, 0.15) is 32.4 Å². The Kier molecular flexibility index (Phi) is 4.44. The number of aliphatic hydroxyl groups is 1. The van der Waals surface area contributed by atoms with E-state index in [4.69, 9.17) is 0 Å². The average molecular weight is 225 g/mol. The van der Waals surface area contributed by atoms with Crippen LogP contribution in [-0.2, 0) is 0 Å². The number of hydrogen-bond donors (Lipinski definition) is 2. The Morgan fingerprint density at radius 3 is 2.62 bits per heavy atom. The number of benzene rings is 1. The van der Waals surface area contributed by atoms with Crippen molar-refractivity contribution in [2.75, 3.05) is 13.1 Å². The molecular formula is C13H20FNO. The van der Waals surface area contributed by atoms with Crippen LogP contribution in [0.15, 0.2) is 24.3 Å². The quantitative estimate of drug-likeness (QED) is 0.825. The van der Waals surface area contributed by atoms with Crippen LogP contribution >= 0.6 is 0 Å². The van der Waals surface area contributed by atoms with Crippen molar-refractivity contribution in [1.82, 2.24) is 5.32 Å². The minimum Gasteiger partial charge on any atom is -0.387 e.